The van der Waals surface area contributed by atoms with Crippen LogP contribution in [0.25, 0.3) is 0 Å². The van der Waals surface area contributed by atoms with Gasteiger partial charge < -0.3 is 0 Å². The summed E-state index contributed by atoms with van der Waals surface area (Å²) in [7, 11) is 0. The summed E-state index contributed by atoms with van der Waals surface area (Å²) in [5.74, 6) is 0.363. The smallest absolute Gasteiger partial charge is 0.170 e. The fourth-order valence-corrected chi connectivity index (χ4v) is 3.17. The first-order valence-electron chi connectivity index (χ1n) is 6.55. The number of fused-ring (bicyclic) bond motifs is 1. The molecule has 0 N–H and O–H groups in total. The fourth-order valence-electron chi connectivity index (χ4n) is 3.17. The van der Waals surface area contributed by atoms with Gasteiger partial charge in [0.1, 0.15) is 0 Å². The molecule has 0 aliphatic heterocycles. The second-order valence-corrected chi connectivity index (χ2v) is 6.25. The molecule has 0 radical (unpaired) electrons. The first-order valence-corrected chi connectivity index (χ1v) is 6.55. The van der Waals surface area contributed by atoms with E-state index in [1.165, 1.54) is 5.56 Å². The van der Waals surface area contributed by atoms with Gasteiger partial charge in [-0.15, -0.1) is 0 Å². The molecule has 0 saturated carbocycles. The molecule has 0 bridgehead atoms. The Labute approximate surface area is 104 Å². The van der Waals surface area contributed by atoms with E-state index >= 15 is 0 Å². The number of carbonyl (C=O) groups excluding carboxylic acids is 1. The Morgan fingerprint density at radius 2 is 1.88 bits per heavy atom. The zero-order valence-electron chi connectivity index (χ0n) is 11.3. The average molecular weight is 230 g/mol. The number of rotatable bonds is 2. The third kappa shape index (κ3) is 1.72. The van der Waals surface area contributed by atoms with E-state index in [-0.39, 0.29) is 10.8 Å². The highest BCUT2D eigenvalue weighted by atomic mass is 16.1. The lowest BCUT2D eigenvalue weighted by Gasteiger charge is -2.40. The first-order chi connectivity index (χ1) is 7.92. The lowest BCUT2D eigenvalue weighted by molar-refractivity contribution is 0.0505. The molecule has 1 aliphatic rings. The molecule has 0 saturated heterocycles. The van der Waals surface area contributed by atoms with E-state index in [1.807, 2.05) is 18.2 Å². The molecule has 17 heavy (non-hydrogen) atoms. The summed E-state index contributed by atoms with van der Waals surface area (Å²) in [5.41, 5.74) is 2.03. The van der Waals surface area contributed by atoms with E-state index in [4.69, 9.17) is 0 Å². The monoisotopic (exact) mass is 230 g/mol. The van der Waals surface area contributed by atoms with Gasteiger partial charge in [-0.2, -0.15) is 0 Å². The summed E-state index contributed by atoms with van der Waals surface area (Å²) in [6.45, 7) is 8.77. The topological polar surface area (TPSA) is 17.1 Å². The van der Waals surface area contributed by atoms with Crippen LogP contribution >= 0.6 is 0 Å². The lowest BCUT2D eigenvalue weighted by atomic mass is 9.62. The van der Waals surface area contributed by atoms with Gasteiger partial charge in [-0.1, -0.05) is 58.4 Å². The molecular weight excluding hydrogens is 208 g/mol. The number of carbonyl (C=O) groups is 1. The van der Waals surface area contributed by atoms with E-state index in [9.17, 15) is 4.79 Å². The maximum atomic E-state index is 12.8. The minimum Gasteiger partial charge on any atom is -0.294 e. The number of hydrogen-bond donors (Lipinski definition) is 0. The second-order valence-electron chi connectivity index (χ2n) is 6.25. The minimum absolute atomic E-state index is 0.0269. The summed E-state index contributed by atoms with van der Waals surface area (Å²) in [6.07, 6.45) is 2.97. The zero-order valence-corrected chi connectivity index (χ0v) is 11.3. The Morgan fingerprint density at radius 1 is 1.24 bits per heavy atom. The molecular formula is C16H22O. The molecule has 0 amide bonds. The van der Waals surface area contributed by atoms with Crippen molar-refractivity contribution in [3.05, 3.63) is 35.4 Å². The maximum absolute atomic E-state index is 12.8. The predicted molar refractivity (Wildman–Crippen MR) is 71.3 cm³/mol. The SMILES string of the molecule is CCCC1(C(C)(C)C)Cc2ccccc2C1=O. The molecule has 1 aliphatic carbocycles. The minimum atomic E-state index is -0.189. The number of Topliss-reactive ketones (excluding diaryl/α,β-unsaturated/α-hetero) is 1. The third-order valence-corrected chi connectivity index (χ3v) is 4.30. The third-order valence-electron chi connectivity index (χ3n) is 4.30. The van der Waals surface area contributed by atoms with Crippen LogP contribution < -0.4 is 0 Å². The van der Waals surface area contributed by atoms with Crippen LogP contribution in [0.2, 0.25) is 0 Å². The van der Waals surface area contributed by atoms with Crippen LogP contribution in [0.3, 0.4) is 0 Å². The summed E-state index contributed by atoms with van der Waals surface area (Å²) in [5, 5.41) is 0. The van der Waals surface area contributed by atoms with Gasteiger partial charge in [0.25, 0.3) is 0 Å². The summed E-state index contributed by atoms with van der Waals surface area (Å²) in [4.78, 5) is 12.8. The second kappa shape index (κ2) is 3.97. The van der Waals surface area contributed by atoms with Gasteiger partial charge in [-0.05, 0) is 23.8 Å². The largest absolute Gasteiger partial charge is 0.294 e. The van der Waals surface area contributed by atoms with Gasteiger partial charge in [0.2, 0.25) is 0 Å². The normalized spacial score (nSPS) is 23.9. The quantitative estimate of drug-likeness (QED) is 0.742. The van der Waals surface area contributed by atoms with Crippen LogP contribution in [0.1, 0.15) is 56.5 Å². The van der Waals surface area contributed by atoms with Crippen molar-refractivity contribution in [3.8, 4) is 0 Å². The molecule has 92 valence electrons. The van der Waals surface area contributed by atoms with Crippen LogP contribution in [0, 0.1) is 10.8 Å². The molecule has 1 atom stereocenters. The molecule has 1 heteroatoms. The molecule has 0 heterocycles. The van der Waals surface area contributed by atoms with E-state index in [0.717, 1.165) is 24.8 Å². The van der Waals surface area contributed by atoms with Crippen LogP contribution in [0.15, 0.2) is 24.3 Å². The van der Waals surface area contributed by atoms with Crippen LogP contribution in [-0.2, 0) is 6.42 Å². The van der Waals surface area contributed by atoms with Crippen molar-refractivity contribution in [2.45, 2.75) is 47.0 Å². The van der Waals surface area contributed by atoms with Crippen LogP contribution in [0.4, 0.5) is 0 Å². The fraction of sp³-hybridized carbons (Fsp3) is 0.562. The Kier molecular flexibility index (Phi) is 2.89. The van der Waals surface area contributed by atoms with Crippen molar-refractivity contribution in [2.24, 2.45) is 10.8 Å². The van der Waals surface area contributed by atoms with Gasteiger partial charge in [0, 0.05) is 11.0 Å². The van der Waals surface area contributed by atoms with Gasteiger partial charge in [-0.3, -0.25) is 4.79 Å². The molecule has 0 aromatic heterocycles. The number of ketones is 1. The van der Waals surface area contributed by atoms with E-state index in [0.29, 0.717) is 5.78 Å². The molecule has 0 spiro atoms. The Morgan fingerprint density at radius 3 is 2.41 bits per heavy atom. The summed E-state index contributed by atoms with van der Waals surface area (Å²) >= 11 is 0. The van der Waals surface area contributed by atoms with Crippen LogP contribution in [-0.4, -0.2) is 5.78 Å². The highest BCUT2D eigenvalue weighted by molar-refractivity contribution is 6.05. The van der Waals surface area contributed by atoms with Gasteiger partial charge in [-0.25, -0.2) is 0 Å². The van der Waals surface area contributed by atoms with Crippen LogP contribution in [0.5, 0.6) is 0 Å². The Hall–Kier alpha value is -1.11. The zero-order chi connectivity index (χ0) is 12.7. The number of benzene rings is 1. The Balaban J connectivity index is 2.51. The molecule has 0 fully saturated rings. The first kappa shape index (κ1) is 12.3. The standard InChI is InChI=1S/C16H22O/c1-5-10-16(15(2,3)4)11-12-8-6-7-9-13(12)14(16)17/h6-9H,5,10-11H2,1-4H3. The van der Waals surface area contributed by atoms with Crippen molar-refractivity contribution in [1.29, 1.82) is 0 Å². The maximum Gasteiger partial charge on any atom is 0.170 e. The number of hydrogen-bond acceptors (Lipinski definition) is 1. The van der Waals surface area contributed by atoms with Crippen molar-refractivity contribution >= 4 is 5.78 Å². The molecule has 1 nitrogen and oxygen atoms in total. The van der Waals surface area contributed by atoms with E-state index in [2.05, 4.69) is 33.8 Å². The van der Waals surface area contributed by atoms with E-state index in [1.54, 1.807) is 0 Å². The summed E-state index contributed by atoms with van der Waals surface area (Å²) in [6, 6.07) is 8.11. The van der Waals surface area contributed by atoms with E-state index < -0.39 is 0 Å². The van der Waals surface area contributed by atoms with Gasteiger partial charge in [0.15, 0.2) is 5.78 Å². The molecule has 1 unspecified atom stereocenters. The molecule has 1 aromatic rings. The highest BCUT2D eigenvalue weighted by Crippen LogP contribution is 2.51. The predicted octanol–water partition coefficient (Wildman–Crippen LogP) is 4.26. The van der Waals surface area contributed by atoms with Gasteiger partial charge in [0.05, 0.1) is 0 Å². The van der Waals surface area contributed by atoms with Crippen molar-refractivity contribution < 1.29 is 4.79 Å². The highest BCUT2D eigenvalue weighted by Gasteiger charge is 2.51. The Bertz CT molecular complexity index is 439. The summed E-state index contributed by atoms with van der Waals surface area (Å²) < 4.78 is 0. The van der Waals surface area contributed by atoms with Crippen molar-refractivity contribution in [2.75, 3.05) is 0 Å². The lowest BCUT2D eigenvalue weighted by Crippen LogP contribution is -2.41. The molecule has 2 rings (SSSR count). The van der Waals surface area contributed by atoms with Crippen molar-refractivity contribution in [3.63, 3.8) is 0 Å². The van der Waals surface area contributed by atoms with Crippen molar-refractivity contribution in [1.82, 2.24) is 0 Å². The molecule has 1 aromatic carbocycles. The van der Waals surface area contributed by atoms with Gasteiger partial charge >= 0.3 is 0 Å². The average Bonchev–Trinajstić information content (AvgIpc) is 2.54.